The van der Waals surface area contributed by atoms with Gasteiger partial charge in [-0.15, -0.1) is 0 Å². The SMILES string of the molecule is CCCc1nsc(CC(C)NC)n1. The predicted molar refractivity (Wildman–Crippen MR) is 56.1 cm³/mol. The van der Waals surface area contributed by atoms with Crippen molar-refractivity contribution in [2.45, 2.75) is 39.2 Å². The van der Waals surface area contributed by atoms with Crippen LogP contribution in [0.1, 0.15) is 31.1 Å². The minimum atomic E-state index is 0.488. The quantitative estimate of drug-likeness (QED) is 0.783. The smallest absolute Gasteiger partial charge is 0.142 e. The van der Waals surface area contributed by atoms with E-state index in [4.69, 9.17) is 0 Å². The van der Waals surface area contributed by atoms with E-state index in [9.17, 15) is 0 Å². The lowest BCUT2D eigenvalue weighted by Crippen LogP contribution is -2.23. The summed E-state index contributed by atoms with van der Waals surface area (Å²) in [4.78, 5) is 4.46. The Hall–Kier alpha value is -0.480. The molecular weight excluding hydrogens is 182 g/mol. The number of nitrogens with zero attached hydrogens (tertiary/aromatic N) is 2. The van der Waals surface area contributed by atoms with Crippen LogP contribution in [0.3, 0.4) is 0 Å². The van der Waals surface area contributed by atoms with Crippen molar-refractivity contribution >= 4 is 11.5 Å². The highest BCUT2D eigenvalue weighted by molar-refractivity contribution is 7.05. The molecule has 0 aromatic carbocycles. The lowest BCUT2D eigenvalue weighted by atomic mass is 10.2. The molecule has 1 unspecified atom stereocenters. The van der Waals surface area contributed by atoms with Crippen LogP contribution in [0.5, 0.6) is 0 Å². The van der Waals surface area contributed by atoms with Crippen LogP contribution in [0.25, 0.3) is 0 Å². The van der Waals surface area contributed by atoms with Gasteiger partial charge in [-0.1, -0.05) is 6.92 Å². The summed E-state index contributed by atoms with van der Waals surface area (Å²) in [5, 5.41) is 4.34. The molecule has 0 fully saturated rings. The van der Waals surface area contributed by atoms with Crippen LogP contribution in [0.4, 0.5) is 0 Å². The molecule has 4 heteroatoms. The van der Waals surface area contributed by atoms with Gasteiger partial charge in [0, 0.05) is 18.9 Å². The van der Waals surface area contributed by atoms with Gasteiger partial charge < -0.3 is 5.32 Å². The summed E-state index contributed by atoms with van der Waals surface area (Å²) in [5.74, 6) is 1.01. The van der Waals surface area contributed by atoms with Crippen molar-refractivity contribution in [1.29, 1.82) is 0 Å². The fourth-order valence-corrected chi connectivity index (χ4v) is 1.88. The number of hydrogen-bond donors (Lipinski definition) is 1. The van der Waals surface area contributed by atoms with E-state index < -0.39 is 0 Å². The molecule has 1 heterocycles. The first-order valence-corrected chi connectivity index (χ1v) is 5.52. The fraction of sp³-hybridized carbons (Fsp3) is 0.778. The summed E-state index contributed by atoms with van der Waals surface area (Å²) in [6.45, 7) is 4.30. The van der Waals surface area contributed by atoms with Crippen molar-refractivity contribution in [3.63, 3.8) is 0 Å². The second kappa shape index (κ2) is 5.29. The average molecular weight is 199 g/mol. The number of aromatic nitrogens is 2. The summed E-state index contributed by atoms with van der Waals surface area (Å²) < 4.78 is 4.30. The molecule has 1 aromatic rings. The van der Waals surface area contributed by atoms with E-state index in [1.807, 2.05) is 7.05 Å². The minimum absolute atomic E-state index is 0.488. The number of likely N-dealkylation sites (N-methyl/N-ethyl adjacent to an activating group) is 1. The van der Waals surface area contributed by atoms with E-state index in [0.29, 0.717) is 6.04 Å². The van der Waals surface area contributed by atoms with Crippen LogP contribution in [0.15, 0.2) is 0 Å². The van der Waals surface area contributed by atoms with Crippen LogP contribution in [-0.4, -0.2) is 22.4 Å². The van der Waals surface area contributed by atoms with Gasteiger partial charge in [-0.2, -0.15) is 4.37 Å². The first-order chi connectivity index (χ1) is 6.26. The summed E-state index contributed by atoms with van der Waals surface area (Å²) >= 11 is 1.53. The normalized spacial score (nSPS) is 13.2. The third kappa shape index (κ3) is 3.40. The molecule has 13 heavy (non-hydrogen) atoms. The number of aryl methyl sites for hydroxylation is 1. The Morgan fingerprint density at radius 1 is 1.54 bits per heavy atom. The van der Waals surface area contributed by atoms with Gasteiger partial charge in [0.1, 0.15) is 10.8 Å². The molecule has 0 radical (unpaired) electrons. The molecule has 74 valence electrons. The Balaban J connectivity index is 2.48. The molecule has 1 rings (SSSR count). The largest absolute Gasteiger partial charge is 0.317 e. The molecular formula is C9H17N3S. The van der Waals surface area contributed by atoms with Crippen LogP contribution in [0, 0.1) is 0 Å². The van der Waals surface area contributed by atoms with Crippen molar-refractivity contribution in [2.24, 2.45) is 0 Å². The Bertz CT molecular complexity index is 247. The minimum Gasteiger partial charge on any atom is -0.317 e. The Kier molecular flexibility index (Phi) is 4.32. The molecule has 0 amide bonds. The zero-order valence-electron chi connectivity index (χ0n) is 8.50. The summed E-state index contributed by atoms with van der Waals surface area (Å²) in [7, 11) is 1.97. The van der Waals surface area contributed by atoms with E-state index >= 15 is 0 Å². The maximum Gasteiger partial charge on any atom is 0.142 e. The average Bonchev–Trinajstić information content (AvgIpc) is 2.53. The van der Waals surface area contributed by atoms with Gasteiger partial charge in [0.05, 0.1) is 0 Å². The second-order valence-corrected chi connectivity index (χ2v) is 4.08. The standard InChI is InChI=1S/C9H17N3S/c1-4-5-8-11-9(13-12-8)6-7(2)10-3/h7,10H,4-6H2,1-3H3. The van der Waals surface area contributed by atoms with E-state index in [1.54, 1.807) is 0 Å². The highest BCUT2D eigenvalue weighted by Crippen LogP contribution is 2.08. The maximum atomic E-state index is 4.46. The second-order valence-electron chi connectivity index (χ2n) is 3.25. The molecule has 1 aromatic heterocycles. The van der Waals surface area contributed by atoms with Crippen LogP contribution >= 0.6 is 11.5 Å². The molecule has 0 aliphatic carbocycles. The van der Waals surface area contributed by atoms with Crippen LogP contribution < -0.4 is 5.32 Å². The van der Waals surface area contributed by atoms with Crippen molar-refractivity contribution in [3.05, 3.63) is 10.8 Å². The van der Waals surface area contributed by atoms with Crippen molar-refractivity contribution in [1.82, 2.24) is 14.7 Å². The highest BCUT2D eigenvalue weighted by atomic mass is 32.1. The number of rotatable bonds is 5. The fourth-order valence-electron chi connectivity index (χ4n) is 1.06. The first kappa shape index (κ1) is 10.6. The summed E-state index contributed by atoms with van der Waals surface area (Å²) in [6.07, 6.45) is 3.11. The van der Waals surface area contributed by atoms with Gasteiger partial charge in [-0.05, 0) is 31.9 Å². The molecule has 0 saturated carbocycles. The van der Waals surface area contributed by atoms with E-state index in [-0.39, 0.29) is 0 Å². The van der Waals surface area contributed by atoms with Crippen molar-refractivity contribution < 1.29 is 0 Å². The van der Waals surface area contributed by atoms with E-state index in [0.717, 1.165) is 30.1 Å². The van der Waals surface area contributed by atoms with Crippen LogP contribution in [0.2, 0.25) is 0 Å². The van der Waals surface area contributed by atoms with Crippen LogP contribution in [-0.2, 0) is 12.8 Å². The van der Waals surface area contributed by atoms with Crippen molar-refractivity contribution in [3.8, 4) is 0 Å². The zero-order valence-corrected chi connectivity index (χ0v) is 9.32. The predicted octanol–water partition coefficient (Wildman–Crippen LogP) is 1.64. The number of nitrogens with one attached hydrogen (secondary N) is 1. The highest BCUT2D eigenvalue weighted by Gasteiger charge is 2.06. The summed E-state index contributed by atoms with van der Waals surface area (Å²) in [5.41, 5.74) is 0. The third-order valence-corrected chi connectivity index (χ3v) is 2.73. The van der Waals surface area contributed by atoms with E-state index in [1.165, 1.54) is 11.5 Å². The summed E-state index contributed by atoms with van der Waals surface area (Å²) in [6, 6.07) is 0.488. The van der Waals surface area contributed by atoms with Gasteiger partial charge in [0.25, 0.3) is 0 Å². The van der Waals surface area contributed by atoms with Gasteiger partial charge in [-0.25, -0.2) is 4.98 Å². The molecule has 0 spiro atoms. The molecule has 3 nitrogen and oxygen atoms in total. The molecule has 1 N–H and O–H groups in total. The molecule has 0 bridgehead atoms. The number of hydrogen-bond acceptors (Lipinski definition) is 4. The molecule has 1 atom stereocenters. The van der Waals surface area contributed by atoms with Gasteiger partial charge in [0.15, 0.2) is 0 Å². The third-order valence-electron chi connectivity index (χ3n) is 1.96. The van der Waals surface area contributed by atoms with Gasteiger partial charge in [0.2, 0.25) is 0 Å². The Morgan fingerprint density at radius 3 is 2.92 bits per heavy atom. The van der Waals surface area contributed by atoms with Gasteiger partial charge in [-0.3, -0.25) is 0 Å². The van der Waals surface area contributed by atoms with E-state index in [2.05, 4.69) is 28.5 Å². The zero-order chi connectivity index (χ0) is 9.68. The lowest BCUT2D eigenvalue weighted by molar-refractivity contribution is 0.605. The maximum absolute atomic E-state index is 4.46. The topological polar surface area (TPSA) is 37.8 Å². The first-order valence-electron chi connectivity index (χ1n) is 4.75. The monoisotopic (exact) mass is 199 g/mol. The Labute approximate surface area is 83.8 Å². The van der Waals surface area contributed by atoms with Gasteiger partial charge >= 0.3 is 0 Å². The van der Waals surface area contributed by atoms with Crippen molar-refractivity contribution in [2.75, 3.05) is 7.05 Å². The molecule has 0 aliphatic heterocycles. The Morgan fingerprint density at radius 2 is 2.31 bits per heavy atom. The molecule has 0 saturated heterocycles. The lowest BCUT2D eigenvalue weighted by Gasteiger charge is -2.05. The molecule has 0 aliphatic rings.